The molecule has 2 rings (SSSR count). The van der Waals surface area contributed by atoms with Crippen molar-refractivity contribution in [3.63, 3.8) is 0 Å². The van der Waals surface area contributed by atoms with Crippen LogP contribution in [0.25, 0.3) is 0 Å². The van der Waals surface area contributed by atoms with Crippen LogP contribution in [0.1, 0.15) is 47.7 Å². The first-order chi connectivity index (χ1) is 10.1. The Bertz CT molecular complexity index is 478. The van der Waals surface area contributed by atoms with Crippen molar-refractivity contribution >= 4 is 5.91 Å². The van der Waals surface area contributed by atoms with Crippen molar-refractivity contribution in [2.45, 2.75) is 40.0 Å². The van der Waals surface area contributed by atoms with Crippen molar-refractivity contribution in [3.05, 3.63) is 34.9 Å². The molecule has 1 aliphatic heterocycles. The molecule has 116 valence electrons. The number of amides is 1. The summed E-state index contributed by atoms with van der Waals surface area (Å²) < 4.78 is 0. The average molecular weight is 288 g/mol. The second-order valence-electron chi connectivity index (χ2n) is 6.26. The third kappa shape index (κ3) is 4.31. The number of nitrogens with one attached hydrogen (secondary N) is 1. The number of carbonyl (C=O) groups excluding carboxylic acids is 1. The van der Waals surface area contributed by atoms with Crippen molar-refractivity contribution in [2.24, 2.45) is 5.92 Å². The van der Waals surface area contributed by atoms with E-state index in [0.29, 0.717) is 5.92 Å². The summed E-state index contributed by atoms with van der Waals surface area (Å²) >= 11 is 0. The molecule has 1 aromatic rings. The minimum atomic E-state index is 0.205. The lowest BCUT2D eigenvalue weighted by atomic mass is 9.96. The molecular weight excluding hydrogens is 260 g/mol. The van der Waals surface area contributed by atoms with E-state index >= 15 is 0 Å². The maximum absolute atomic E-state index is 12.9. The molecule has 1 saturated heterocycles. The maximum atomic E-state index is 12.9. The van der Waals surface area contributed by atoms with E-state index in [2.05, 4.69) is 29.3 Å². The Hall–Kier alpha value is -1.35. The Morgan fingerprint density at radius 3 is 2.67 bits per heavy atom. The van der Waals surface area contributed by atoms with Gasteiger partial charge in [-0.2, -0.15) is 0 Å². The minimum absolute atomic E-state index is 0.205. The number of carbonyl (C=O) groups is 1. The Kier molecular flexibility index (Phi) is 5.80. The highest BCUT2D eigenvalue weighted by Gasteiger charge is 2.22. The Morgan fingerprint density at radius 1 is 1.29 bits per heavy atom. The average Bonchev–Trinajstić information content (AvgIpc) is 2.49. The van der Waals surface area contributed by atoms with Gasteiger partial charge in [0.25, 0.3) is 5.91 Å². The molecule has 1 N–H and O–H groups in total. The molecule has 0 spiro atoms. The van der Waals surface area contributed by atoms with Crippen LogP contribution in [0.2, 0.25) is 0 Å². The highest BCUT2D eigenvalue weighted by atomic mass is 16.2. The Morgan fingerprint density at radius 2 is 2.00 bits per heavy atom. The van der Waals surface area contributed by atoms with Crippen LogP contribution >= 0.6 is 0 Å². The third-order valence-electron chi connectivity index (χ3n) is 4.34. The second-order valence-corrected chi connectivity index (χ2v) is 6.26. The van der Waals surface area contributed by atoms with Crippen LogP contribution in [-0.4, -0.2) is 37.0 Å². The van der Waals surface area contributed by atoms with E-state index in [1.54, 1.807) is 0 Å². The van der Waals surface area contributed by atoms with Gasteiger partial charge in [-0.1, -0.05) is 24.6 Å². The molecule has 1 heterocycles. The van der Waals surface area contributed by atoms with Crippen LogP contribution in [0.3, 0.4) is 0 Å². The van der Waals surface area contributed by atoms with Gasteiger partial charge in [0.1, 0.15) is 0 Å². The second kappa shape index (κ2) is 7.60. The summed E-state index contributed by atoms with van der Waals surface area (Å²) in [6.45, 7) is 10.2. The van der Waals surface area contributed by atoms with Gasteiger partial charge in [0, 0.05) is 18.7 Å². The SMILES string of the molecule is CCCN(CC1CCNCC1)C(=O)c1cc(C)ccc1C. The first-order valence-corrected chi connectivity index (χ1v) is 8.19. The van der Waals surface area contributed by atoms with Gasteiger partial charge in [-0.15, -0.1) is 0 Å². The van der Waals surface area contributed by atoms with Crippen molar-refractivity contribution in [1.29, 1.82) is 0 Å². The molecule has 0 saturated carbocycles. The zero-order valence-corrected chi connectivity index (χ0v) is 13.6. The fourth-order valence-electron chi connectivity index (χ4n) is 3.06. The topological polar surface area (TPSA) is 32.3 Å². The highest BCUT2D eigenvalue weighted by molar-refractivity contribution is 5.95. The summed E-state index contributed by atoms with van der Waals surface area (Å²) in [4.78, 5) is 15.0. The van der Waals surface area contributed by atoms with E-state index in [1.807, 2.05) is 19.9 Å². The number of rotatable bonds is 5. The lowest BCUT2D eigenvalue weighted by molar-refractivity contribution is 0.0715. The fourth-order valence-corrected chi connectivity index (χ4v) is 3.06. The van der Waals surface area contributed by atoms with Gasteiger partial charge in [-0.05, 0) is 63.7 Å². The van der Waals surface area contributed by atoms with E-state index in [-0.39, 0.29) is 5.91 Å². The smallest absolute Gasteiger partial charge is 0.254 e. The van der Waals surface area contributed by atoms with E-state index in [1.165, 1.54) is 12.8 Å². The summed E-state index contributed by atoms with van der Waals surface area (Å²) in [6.07, 6.45) is 3.38. The Labute approximate surface area is 128 Å². The number of piperidine rings is 1. The minimum Gasteiger partial charge on any atom is -0.338 e. The van der Waals surface area contributed by atoms with E-state index in [0.717, 1.165) is 49.3 Å². The predicted octanol–water partition coefficient (Wildman–Crippen LogP) is 3.16. The summed E-state index contributed by atoms with van der Waals surface area (Å²) in [5.41, 5.74) is 3.11. The summed E-state index contributed by atoms with van der Waals surface area (Å²) in [6, 6.07) is 6.16. The van der Waals surface area contributed by atoms with Gasteiger partial charge >= 0.3 is 0 Å². The number of nitrogens with zero attached hydrogens (tertiary/aromatic N) is 1. The Balaban J connectivity index is 2.12. The van der Waals surface area contributed by atoms with Crippen LogP contribution in [0.5, 0.6) is 0 Å². The summed E-state index contributed by atoms with van der Waals surface area (Å²) in [7, 11) is 0. The van der Waals surface area contributed by atoms with E-state index < -0.39 is 0 Å². The molecule has 1 aliphatic rings. The van der Waals surface area contributed by atoms with E-state index in [9.17, 15) is 4.79 Å². The molecule has 0 bridgehead atoms. The van der Waals surface area contributed by atoms with Gasteiger partial charge < -0.3 is 10.2 Å². The molecule has 1 aromatic carbocycles. The molecule has 0 aliphatic carbocycles. The molecule has 0 atom stereocenters. The van der Waals surface area contributed by atoms with Crippen molar-refractivity contribution in [3.8, 4) is 0 Å². The standard InChI is InChI=1S/C18H28N2O/c1-4-11-20(13-16-7-9-19-10-8-16)18(21)17-12-14(2)5-6-15(17)3/h5-6,12,16,19H,4,7-11,13H2,1-3H3. The molecule has 3 heteroatoms. The molecule has 1 fully saturated rings. The first kappa shape index (κ1) is 16.0. The lowest BCUT2D eigenvalue weighted by Gasteiger charge is -2.30. The number of aryl methyl sites for hydroxylation is 2. The quantitative estimate of drug-likeness (QED) is 0.902. The highest BCUT2D eigenvalue weighted by Crippen LogP contribution is 2.18. The van der Waals surface area contributed by atoms with Crippen LogP contribution in [0.15, 0.2) is 18.2 Å². The molecular formula is C18H28N2O. The van der Waals surface area contributed by atoms with Crippen LogP contribution in [-0.2, 0) is 0 Å². The molecule has 0 radical (unpaired) electrons. The number of hydrogen-bond acceptors (Lipinski definition) is 2. The summed E-state index contributed by atoms with van der Waals surface area (Å²) in [5, 5.41) is 3.39. The van der Waals surface area contributed by atoms with Crippen molar-refractivity contribution in [2.75, 3.05) is 26.2 Å². The van der Waals surface area contributed by atoms with Gasteiger partial charge in [0.2, 0.25) is 0 Å². The van der Waals surface area contributed by atoms with Gasteiger partial charge in [-0.3, -0.25) is 4.79 Å². The third-order valence-corrected chi connectivity index (χ3v) is 4.34. The van der Waals surface area contributed by atoms with Crippen LogP contribution in [0.4, 0.5) is 0 Å². The molecule has 0 unspecified atom stereocenters. The molecule has 0 aromatic heterocycles. The predicted molar refractivity (Wildman–Crippen MR) is 87.7 cm³/mol. The molecule has 21 heavy (non-hydrogen) atoms. The fraction of sp³-hybridized carbons (Fsp3) is 0.611. The lowest BCUT2D eigenvalue weighted by Crippen LogP contribution is -2.40. The zero-order chi connectivity index (χ0) is 15.2. The van der Waals surface area contributed by atoms with Crippen LogP contribution < -0.4 is 5.32 Å². The van der Waals surface area contributed by atoms with E-state index in [4.69, 9.17) is 0 Å². The molecule has 3 nitrogen and oxygen atoms in total. The monoisotopic (exact) mass is 288 g/mol. The number of benzene rings is 1. The van der Waals surface area contributed by atoms with Gasteiger partial charge in [0.15, 0.2) is 0 Å². The largest absolute Gasteiger partial charge is 0.338 e. The number of hydrogen-bond donors (Lipinski definition) is 1. The van der Waals surface area contributed by atoms with Crippen molar-refractivity contribution in [1.82, 2.24) is 10.2 Å². The summed E-state index contributed by atoms with van der Waals surface area (Å²) in [5.74, 6) is 0.850. The van der Waals surface area contributed by atoms with Crippen LogP contribution in [0, 0.1) is 19.8 Å². The zero-order valence-electron chi connectivity index (χ0n) is 13.6. The van der Waals surface area contributed by atoms with Crippen molar-refractivity contribution < 1.29 is 4.79 Å². The normalized spacial score (nSPS) is 16.0. The first-order valence-electron chi connectivity index (χ1n) is 8.19. The van der Waals surface area contributed by atoms with Gasteiger partial charge in [0.05, 0.1) is 0 Å². The maximum Gasteiger partial charge on any atom is 0.254 e. The molecule has 1 amide bonds. The van der Waals surface area contributed by atoms with Gasteiger partial charge in [-0.25, -0.2) is 0 Å².